The molecule has 1 aromatic heterocycles. The zero-order valence-corrected chi connectivity index (χ0v) is 12.3. The molecule has 104 valence electrons. The van der Waals surface area contributed by atoms with Gasteiger partial charge in [-0.15, -0.1) is 11.3 Å². The molecule has 0 N–H and O–H groups in total. The maximum Gasteiger partial charge on any atom is 0.350 e. The average Bonchev–Trinajstić information content (AvgIpc) is 2.94. The van der Waals surface area contributed by atoms with E-state index >= 15 is 0 Å². The second-order valence-corrected chi connectivity index (χ2v) is 6.10. The van der Waals surface area contributed by atoms with E-state index in [0.717, 1.165) is 10.1 Å². The van der Waals surface area contributed by atoms with Gasteiger partial charge >= 0.3 is 11.9 Å². The third kappa shape index (κ3) is 2.37. The Kier molecular flexibility index (Phi) is 3.58. The lowest BCUT2D eigenvalue weighted by Gasteiger charge is -2.06. The SMILES string of the molecule is O=C(O[C@H]1CCOC1=O)c1sc2cc(Cl)ccc2c1Cl. The summed E-state index contributed by atoms with van der Waals surface area (Å²) in [5.74, 6) is -1.13. The molecule has 1 aliphatic rings. The van der Waals surface area contributed by atoms with E-state index in [1.807, 2.05) is 0 Å². The Balaban J connectivity index is 1.91. The normalized spacial score (nSPS) is 18.3. The molecule has 0 bridgehead atoms. The van der Waals surface area contributed by atoms with Gasteiger partial charge in [-0.25, -0.2) is 9.59 Å². The summed E-state index contributed by atoms with van der Waals surface area (Å²) < 4.78 is 10.7. The van der Waals surface area contributed by atoms with Crippen LogP contribution in [0.15, 0.2) is 18.2 Å². The van der Waals surface area contributed by atoms with Gasteiger partial charge in [0.2, 0.25) is 6.10 Å². The highest BCUT2D eigenvalue weighted by molar-refractivity contribution is 7.21. The second-order valence-electron chi connectivity index (χ2n) is 4.24. The van der Waals surface area contributed by atoms with Gasteiger partial charge in [-0.1, -0.05) is 29.3 Å². The number of hydrogen-bond donors (Lipinski definition) is 0. The average molecular weight is 331 g/mol. The number of carbonyl (C=O) groups is 2. The molecule has 0 radical (unpaired) electrons. The molecular weight excluding hydrogens is 323 g/mol. The standard InChI is InChI=1S/C13H8Cl2O4S/c14-6-1-2-7-9(5-6)20-11(10(7)15)13(17)19-8-3-4-18-12(8)16/h1-2,5,8H,3-4H2/t8-/m0/s1. The number of cyclic esters (lactones) is 1. The van der Waals surface area contributed by atoms with E-state index in [1.54, 1.807) is 18.2 Å². The number of halogens is 2. The molecule has 2 heterocycles. The molecule has 1 aliphatic heterocycles. The Hall–Kier alpha value is -1.30. The minimum Gasteiger partial charge on any atom is -0.463 e. The third-order valence-corrected chi connectivity index (χ3v) is 4.79. The summed E-state index contributed by atoms with van der Waals surface area (Å²) >= 11 is 13.3. The number of fused-ring (bicyclic) bond motifs is 1. The third-order valence-electron chi connectivity index (χ3n) is 2.91. The van der Waals surface area contributed by atoms with E-state index in [1.165, 1.54) is 11.3 Å². The molecule has 1 fully saturated rings. The van der Waals surface area contributed by atoms with E-state index in [9.17, 15) is 9.59 Å². The number of hydrogen-bond acceptors (Lipinski definition) is 5. The Morgan fingerprint density at radius 1 is 1.40 bits per heavy atom. The van der Waals surface area contributed by atoms with E-state index in [0.29, 0.717) is 16.5 Å². The van der Waals surface area contributed by atoms with E-state index < -0.39 is 18.0 Å². The van der Waals surface area contributed by atoms with Crippen LogP contribution in [0.1, 0.15) is 16.1 Å². The maximum absolute atomic E-state index is 12.1. The summed E-state index contributed by atoms with van der Waals surface area (Å²) in [5.41, 5.74) is 0. The Morgan fingerprint density at radius 2 is 2.20 bits per heavy atom. The van der Waals surface area contributed by atoms with Crippen molar-refractivity contribution in [2.45, 2.75) is 12.5 Å². The molecule has 20 heavy (non-hydrogen) atoms. The highest BCUT2D eigenvalue weighted by atomic mass is 35.5. The summed E-state index contributed by atoms with van der Waals surface area (Å²) in [4.78, 5) is 23.6. The highest BCUT2D eigenvalue weighted by Crippen LogP contribution is 2.37. The van der Waals surface area contributed by atoms with Gasteiger partial charge in [0, 0.05) is 21.5 Å². The zero-order valence-electron chi connectivity index (χ0n) is 10.0. The van der Waals surface area contributed by atoms with Crippen molar-refractivity contribution >= 4 is 56.6 Å². The fourth-order valence-corrected chi connectivity index (χ4v) is 3.60. The Bertz CT molecular complexity index is 710. The predicted octanol–water partition coefficient (Wildman–Crippen LogP) is 3.68. The summed E-state index contributed by atoms with van der Waals surface area (Å²) in [6.07, 6.45) is -0.466. The number of esters is 2. The van der Waals surface area contributed by atoms with Gasteiger partial charge in [0.1, 0.15) is 4.88 Å². The molecule has 1 aromatic carbocycles. The minimum atomic E-state index is -0.840. The van der Waals surface area contributed by atoms with Crippen LogP contribution in [0.2, 0.25) is 10.0 Å². The molecule has 1 saturated heterocycles. The van der Waals surface area contributed by atoms with Crippen LogP contribution in [0.4, 0.5) is 0 Å². The summed E-state index contributed by atoms with van der Waals surface area (Å²) in [7, 11) is 0. The van der Waals surface area contributed by atoms with Crippen LogP contribution in [0.25, 0.3) is 10.1 Å². The van der Waals surface area contributed by atoms with Crippen LogP contribution in [-0.2, 0) is 14.3 Å². The van der Waals surface area contributed by atoms with E-state index in [4.69, 9.17) is 32.7 Å². The fraction of sp³-hybridized carbons (Fsp3) is 0.231. The Labute approximate surface area is 128 Å². The fourth-order valence-electron chi connectivity index (χ4n) is 1.94. The molecule has 0 amide bonds. The van der Waals surface area contributed by atoms with Crippen molar-refractivity contribution in [2.75, 3.05) is 6.61 Å². The first-order valence-corrected chi connectivity index (χ1v) is 7.38. The summed E-state index contributed by atoms with van der Waals surface area (Å²) in [5, 5.41) is 1.62. The lowest BCUT2D eigenvalue weighted by molar-refractivity contribution is -0.145. The van der Waals surface area contributed by atoms with Crippen molar-refractivity contribution in [3.8, 4) is 0 Å². The van der Waals surface area contributed by atoms with Crippen molar-refractivity contribution in [1.29, 1.82) is 0 Å². The van der Waals surface area contributed by atoms with Crippen molar-refractivity contribution in [1.82, 2.24) is 0 Å². The molecule has 4 nitrogen and oxygen atoms in total. The molecular formula is C13H8Cl2O4S. The number of rotatable bonds is 2. The minimum absolute atomic E-state index is 0.267. The molecule has 0 unspecified atom stereocenters. The molecule has 7 heteroatoms. The molecule has 0 aliphatic carbocycles. The molecule has 1 atom stereocenters. The summed E-state index contributed by atoms with van der Waals surface area (Å²) in [6.45, 7) is 0.270. The lowest BCUT2D eigenvalue weighted by atomic mass is 10.2. The van der Waals surface area contributed by atoms with Gasteiger partial charge in [0.15, 0.2) is 0 Å². The maximum atomic E-state index is 12.1. The van der Waals surface area contributed by atoms with Gasteiger partial charge in [0.25, 0.3) is 0 Å². The van der Waals surface area contributed by atoms with Crippen LogP contribution >= 0.6 is 34.5 Å². The van der Waals surface area contributed by atoms with Crippen molar-refractivity contribution in [2.24, 2.45) is 0 Å². The lowest BCUT2D eigenvalue weighted by Crippen LogP contribution is -2.22. The quantitative estimate of drug-likeness (QED) is 0.788. The van der Waals surface area contributed by atoms with E-state index in [2.05, 4.69) is 0 Å². The largest absolute Gasteiger partial charge is 0.463 e. The summed E-state index contributed by atoms with van der Waals surface area (Å²) in [6, 6.07) is 5.18. The Morgan fingerprint density at radius 3 is 2.90 bits per heavy atom. The van der Waals surface area contributed by atoms with Gasteiger partial charge in [0.05, 0.1) is 11.6 Å². The zero-order chi connectivity index (χ0) is 14.3. The number of benzene rings is 1. The van der Waals surface area contributed by atoms with Crippen molar-refractivity contribution in [3.05, 3.63) is 33.1 Å². The first-order valence-electron chi connectivity index (χ1n) is 5.81. The van der Waals surface area contributed by atoms with Gasteiger partial charge in [-0.05, 0) is 12.1 Å². The number of thiophene rings is 1. The van der Waals surface area contributed by atoms with Crippen LogP contribution in [0.5, 0.6) is 0 Å². The van der Waals surface area contributed by atoms with Gasteiger partial charge < -0.3 is 9.47 Å². The monoisotopic (exact) mass is 330 g/mol. The second kappa shape index (κ2) is 5.24. The first-order chi connectivity index (χ1) is 9.56. The molecule has 0 saturated carbocycles. The van der Waals surface area contributed by atoms with E-state index in [-0.39, 0.29) is 11.5 Å². The van der Waals surface area contributed by atoms with Gasteiger partial charge in [-0.3, -0.25) is 0 Å². The topological polar surface area (TPSA) is 52.6 Å². The van der Waals surface area contributed by atoms with Crippen LogP contribution < -0.4 is 0 Å². The molecule has 3 rings (SSSR count). The van der Waals surface area contributed by atoms with Crippen LogP contribution in [-0.4, -0.2) is 24.6 Å². The van der Waals surface area contributed by atoms with Crippen LogP contribution in [0, 0.1) is 0 Å². The first kappa shape index (κ1) is 13.7. The highest BCUT2D eigenvalue weighted by Gasteiger charge is 2.31. The smallest absolute Gasteiger partial charge is 0.350 e. The van der Waals surface area contributed by atoms with Gasteiger partial charge in [-0.2, -0.15) is 0 Å². The number of carbonyl (C=O) groups excluding carboxylic acids is 2. The van der Waals surface area contributed by atoms with Crippen molar-refractivity contribution < 1.29 is 19.1 Å². The number of ether oxygens (including phenoxy) is 2. The molecule has 0 spiro atoms. The predicted molar refractivity (Wildman–Crippen MR) is 76.6 cm³/mol. The molecule has 2 aromatic rings. The van der Waals surface area contributed by atoms with Crippen molar-refractivity contribution in [3.63, 3.8) is 0 Å². The van der Waals surface area contributed by atoms with Crippen LogP contribution in [0.3, 0.4) is 0 Å².